The minimum atomic E-state index is 0.183. The summed E-state index contributed by atoms with van der Waals surface area (Å²) in [7, 11) is 2.12. The first-order valence-electron chi connectivity index (χ1n) is 9.30. The highest BCUT2D eigenvalue weighted by Crippen LogP contribution is 2.31. The van der Waals surface area contributed by atoms with Gasteiger partial charge in [0.15, 0.2) is 0 Å². The third kappa shape index (κ3) is 3.42. The number of rotatable bonds is 3. The molecule has 3 heterocycles. The van der Waals surface area contributed by atoms with E-state index in [4.69, 9.17) is 0 Å². The molecule has 4 rings (SSSR count). The summed E-state index contributed by atoms with van der Waals surface area (Å²) in [5.41, 5.74) is 2.69. The number of anilines is 1. The molecule has 2 aliphatic rings. The number of benzene rings is 1. The third-order valence-corrected chi connectivity index (χ3v) is 5.52. The lowest BCUT2D eigenvalue weighted by Gasteiger charge is -2.38. The van der Waals surface area contributed by atoms with Gasteiger partial charge in [0.1, 0.15) is 0 Å². The van der Waals surface area contributed by atoms with E-state index < -0.39 is 0 Å². The second-order valence-electron chi connectivity index (χ2n) is 7.07. The Morgan fingerprint density at radius 1 is 1.04 bits per heavy atom. The van der Waals surface area contributed by atoms with E-state index in [9.17, 15) is 4.79 Å². The first kappa shape index (κ1) is 17.0. The summed E-state index contributed by atoms with van der Waals surface area (Å²) in [6, 6.07) is 10.5. The van der Waals surface area contributed by atoms with Gasteiger partial charge >= 0.3 is 0 Å². The van der Waals surface area contributed by atoms with Crippen LogP contribution in [0.1, 0.15) is 23.6 Å². The molecule has 1 saturated heterocycles. The molecular formula is C20H25N5O. The molecule has 0 radical (unpaired) electrons. The Labute approximate surface area is 154 Å². The molecular weight excluding hydrogens is 326 g/mol. The van der Waals surface area contributed by atoms with E-state index in [1.807, 2.05) is 11.0 Å². The smallest absolute Gasteiger partial charge is 0.225 e. The van der Waals surface area contributed by atoms with Gasteiger partial charge in [0.25, 0.3) is 0 Å². The Morgan fingerprint density at radius 3 is 2.54 bits per heavy atom. The number of nitrogens with zero attached hydrogens (tertiary/aromatic N) is 5. The molecule has 1 unspecified atom stereocenters. The molecule has 136 valence electrons. The number of amides is 1. The highest BCUT2D eigenvalue weighted by atomic mass is 16.2. The lowest BCUT2D eigenvalue weighted by Crippen LogP contribution is -2.50. The van der Waals surface area contributed by atoms with E-state index in [2.05, 4.69) is 51.1 Å². The molecule has 0 saturated carbocycles. The van der Waals surface area contributed by atoms with E-state index >= 15 is 0 Å². The molecule has 0 spiro atoms. The van der Waals surface area contributed by atoms with Gasteiger partial charge in [-0.1, -0.05) is 24.3 Å². The molecule has 6 nitrogen and oxygen atoms in total. The van der Waals surface area contributed by atoms with Crippen LogP contribution in [0.25, 0.3) is 0 Å². The van der Waals surface area contributed by atoms with Crippen LogP contribution < -0.4 is 4.90 Å². The van der Waals surface area contributed by atoms with Gasteiger partial charge in [-0.05, 0) is 30.7 Å². The number of hydrogen-bond acceptors (Lipinski definition) is 5. The fourth-order valence-corrected chi connectivity index (χ4v) is 3.95. The molecule has 0 aliphatic carbocycles. The summed E-state index contributed by atoms with van der Waals surface area (Å²) in [6.07, 6.45) is 5.13. The van der Waals surface area contributed by atoms with Crippen molar-refractivity contribution in [2.24, 2.45) is 0 Å². The van der Waals surface area contributed by atoms with Crippen molar-refractivity contribution in [2.45, 2.75) is 18.9 Å². The maximum atomic E-state index is 12.9. The lowest BCUT2D eigenvalue weighted by atomic mass is 9.91. The average molecular weight is 351 g/mol. The first-order chi connectivity index (χ1) is 12.7. The Bertz CT molecular complexity index is 758. The Balaban J connectivity index is 1.39. The van der Waals surface area contributed by atoms with Crippen molar-refractivity contribution < 1.29 is 4.79 Å². The van der Waals surface area contributed by atoms with Gasteiger partial charge in [0, 0.05) is 57.6 Å². The van der Waals surface area contributed by atoms with Crippen molar-refractivity contribution in [3.05, 3.63) is 53.9 Å². The van der Waals surface area contributed by atoms with Crippen molar-refractivity contribution in [3.63, 3.8) is 0 Å². The summed E-state index contributed by atoms with van der Waals surface area (Å²) < 4.78 is 0. The van der Waals surface area contributed by atoms with Gasteiger partial charge in [-0.25, -0.2) is 9.97 Å². The van der Waals surface area contributed by atoms with E-state index in [0.717, 1.165) is 45.1 Å². The number of fused-ring (bicyclic) bond motifs is 1. The molecule has 1 aromatic heterocycles. The summed E-state index contributed by atoms with van der Waals surface area (Å²) in [5, 5.41) is 0. The monoisotopic (exact) mass is 351 g/mol. The number of carbonyl (C=O) groups is 1. The SMILES string of the molecule is CN1CCc2ccccc2C1CC(=O)N1CCN(c2ncccn2)CC1. The molecule has 1 aromatic carbocycles. The molecule has 1 amide bonds. The molecule has 0 N–H and O–H groups in total. The van der Waals surface area contributed by atoms with Crippen LogP contribution in [-0.4, -0.2) is 65.4 Å². The van der Waals surface area contributed by atoms with Gasteiger partial charge in [-0.15, -0.1) is 0 Å². The summed E-state index contributed by atoms with van der Waals surface area (Å²) in [5.74, 6) is 0.993. The maximum absolute atomic E-state index is 12.9. The minimum Gasteiger partial charge on any atom is -0.339 e. The number of hydrogen-bond donors (Lipinski definition) is 0. The number of aromatic nitrogens is 2. The molecule has 1 fully saturated rings. The van der Waals surface area contributed by atoms with Crippen LogP contribution >= 0.6 is 0 Å². The van der Waals surface area contributed by atoms with Crippen molar-refractivity contribution in [1.82, 2.24) is 19.8 Å². The number of likely N-dealkylation sites (N-methyl/N-ethyl adjacent to an activating group) is 1. The van der Waals surface area contributed by atoms with Crippen LogP contribution in [0.4, 0.5) is 5.95 Å². The van der Waals surface area contributed by atoms with Crippen LogP contribution in [0.2, 0.25) is 0 Å². The van der Waals surface area contributed by atoms with Crippen LogP contribution in [0.3, 0.4) is 0 Å². The zero-order chi connectivity index (χ0) is 17.9. The molecule has 0 bridgehead atoms. The van der Waals surface area contributed by atoms with Gasteiger partial charge in [-0.2, -0.15) is 0 Å². The van der Waals surface area contributed by atoms with Gasteiger partial charge in [-0.3, -0.25) is 9.69 Å². The normalized spacial score (nSPS) is 20.7. The van der Waals surface area contributed by atoms with E-state index in [1.165, 1.54) is 11.1 Å². The minimum absolute atomic E-state index is 0.183. The molecule has 2 aliphatic heterocycles. The molecule has 26 heavy (non-hydrogen) atoms. The van der Waals surface area contributed by atoms with Crippen LogP contribution in [0.15, 0.2) is 42.7 Å². The van der Waals surface area contributed by atoms with Crippen LogP contribution in [0, 0.1) is 0 Å². The number of piperazine rings is 1. The van der Waals surface area contributed by atoms with Crippen LogP contribution in [-0.2, 0) is 11.2 Å². The predicted octanol–water partition coefficient (Wildman–Crippen LogP) is 1.74. The first-order valence-corrected chi connectivity index (χ1v) is 9.30. The van der Waals surface area contributed by atoms with Gasteiger partial charge in [0.05, 0.1) is 0 Å². The molecule has 2 aromatic rings. The summed E-state index contributed by atoms with van der Waals surface area (Å²) in [6.45, 7) is 4.04. The summed E-state index contributed by atoms with van der Waals surface area (Å²) >= 11 is 0. The van der Waals surface area contributed by atoms with Crippen molar-refractivity contribution in [1.29, 1.82) is 0 Å². The Kier molecular flexibility index (Phi) is 4.84. The Hall–Kier alpha value is -2.47. The average Bonchev–Trinajstić information content (AvgIpc) is 2.71. The molecule has 6 heteroatoms. The fourth-order valence-electron chi connectivity index (χ4n) is 3.95. The summed E-state index contributed by atoms with van der Waals surface area (Å²) in [4.78, 5) is 28.0. The van der Waals surface area contributed by atoms with Gasteiger partial charge in [0.2, 0.25) is 11.9 Å². The van der Waals surface area contributed by atoms with Crippen LogP contribution in [0.5, 0.6) is 0 Å². The zero-order valence-electron chi connectivity index (χ0n) is 15.2. The zero-order valence-corrected chi connectivity index (χ0v) is 15.2. The lowest BCUT2D eigenvalue weighted by molar-refractivity contribution is -0.132. The fraction of sp³-hybridized carbons (Fsp3) is 0.450. The van der Waals surface area contributed by atoms with Crippen molar-refractivity contribution in [2.75, 3.05) is 44.7 Å². The highest BCUT2D eigenvalue weighted by molar-refractivity contribution is 5.77. The van der Waals surface area contributed by atoms with Crippen molar-refractivity contribution >= 4 is 11.9 Å². The second-order valence-corrected chi connectivity index (χ2v) is 7.07. The standard InChI is InChI=1S/C20H25N5O/c1-23-10-7-16-5-2-3-6-17(16)18(23)15-19(26)24-11-13-25(14-12-24)20-21-8-4-9-22-20/h2-6,8-9,18H,7,10-15H2,1H3. The quantitative estimate of drug-likeness (QED) is 0.843. The highest BCUT2D eigenvalue weighted by Gasteiger charge is 2.29. The number of carbonyl (C=O) groups excluding carboxylic acids is 1. The topological polar surface area (TPSA) is 52.6 Å². The molecule has 1 atom stereocenters. The second kappa shape index (κ2) is 7.41. The largest absolute Gasteiger partial charge is 0.339 e. The Morgan fingerprint density at radius 2 is 1.77 bits per heavy atom. The third-order valence-electron chi connectivity index (χ3n) is 5.52. The van der Waals surface area contributed by atoms with E-state index in [-0.39, 0.29) is 11.9 Å². The predicted molar refractivity (Wildman–Crippen MR) is 101 cm³/mol. The van der Waals surface area contributed by atoms with E-state index in [1.54, 1.807) is 12.4 Å². The maximum Gasteiger partial charge on any atom is 0.225 e. The van der Waals surface area contributed by atoms with Gasteiger partial charge < -0.3 is 9.80 Å². The van der Waals surface area contributed by atoms with E-state index in [0.29, 0.717) is 6.42 Å². The van der Waals surface area contributed by atoms with Crippen molar-refractivity contribution in [3.8, 4) is 0 Å².